The maximum absolute atomic E-state index is 11.3. The largest absolute Gasteiger partial charge is 0.491 e. The van der Waals surface area contributed by atoms with Gasteiger partial charge in [-0.3, -0.25) is 4.79 Å². The van der Waals surface area contributed by atoms with Crippen LogP contribution >= 0.6 is 0 Å². The first-order chi connectivity index (χ1) is 19.1. The molecular weight excluding hydrogens is 496 g/mol. The Labute approximate surface area is 244 Å². The van der Waals surface area contributed by atoms with Crippen molar-refractivity contribution in [3.8, 4) is 5.75 Å². The van der Waals surface area contributed by atoms with E-state index in [-0.39, 0.29) is 12.1 Å². The summed E-state index contributed by atoms with van der Waals surface area (Å²) in [6, 6.07) is 13.9. The molecule has 5 nitrogen and oxygen atoms in total. The fraction of sp³-hybridized carbons (Fsp3) is 0.600. The summed E-state index contributed by atoms with van der Waals surface area (Å²) in [5.74, 6) is 4.57. The maximum atomic E-state index is 11.3. The van der Waals surface area contributed by atoms with Crippen LogP contribution in [0.1, 0.15) is 104 Å². The van der Waals surface area contributed by atoms with Crippen LogP contribution in [0.3, 0.4) is 0 Å². The molecule has 0 spiro atoms. The average Bonchev–Trinajstić information content (AvgIpc) is 2.92. The molecule has 222 valence electrons. The van der Waals surface area contributed by atoms with Crippen LogP contribution in [-0.4, -0.2) is 25.0 Å². The van der Waals surface area contributed by atoms with Crippen molar-refractivity contribution in [3.63, 3.8) is 0 Å². The molecule has 3 atom stereocenters. The van der Waals surface area contributed by atoms with Crippen molar-refractivity contribution in [1.29, 1.82) is 0 Å². The molecule has 40 heavy (non-hydrogen) atoms. The number of carbonyl (C=O) groups is 1. The van der Waals surface area contributed by atoms with Gasteiger partial charge in [-0.25, -0.2) is 4.99 Å². The van der Waals surface area contributed by atoms with Gasteiger partial charge in [0, 0.05) is 12.1 Å². The minimum Gasteiger partial charge on any atom is -0.491 e. The highest BCUT2D eigenvalue weighted by atomic mass is 16.5. The zero-order valence-electron chi connectivity index (χ0n) is 26.4. The van der Waals surface area contributed by atoms with Gasteiger partial charge in [0.1, 0.15) is 11.6 Å². The number of anilines is 1. The van der Waals surface area contributed by atoms with Crippen molar-refractivity contribution < 1.29 is 14.3 Å². The predicted molar refractivity (Wildman–Crippen MR) is 170 cm³/mol. The third-order valence-corrected chi connectivity index (χ3v) is 7.68. The standard InChI is InChI=1S/C22H28N2O3.C13H26/c1-15(2)27-20-11-9-19(10-12-20)23-17(4)24-21-14-18(7-6-16(21)3)8-13-22(25)26-5;1-4-6-12-9-8-11(3)10-13(12)7-5-2/h6-7,9-12,14-15H,8,13H2,1-5H3,(H,23,24);11-13H,4-10H2,1-3H3. The highest BCUT2D eigenvalue weighted by molar-refractivity contribution is 5.95. The van der Waals surface area contributed by atoms with Crippen LogP contribution < -0.4 is 10.1 Å². The average molecular weight is 551 g/mol. The molecule has 0 aliphatic heterocycles. The fourth-order valence-corrected chi connectivity index (χ4v) is 5.62. The minimum absolute atomic E-state index is 0.154. The summed E-state index contributed by atoms with van der Waals surface area (Å²) in [6.07, 6.45) is 11.4. The molecule has 1 saturated carbocycles. The van der Waals surface area contributed by atoms with Crippen LogP contribution in [0.5, 0.6) is 5.75 Å². The lowest BCUT2D eigenvalue weighted by atomic mass is 9.71. The molecule has 0 aromatic heterocycles. The number of rotatable bonds is 11. The van der Waals surface area contributed by atoms with Gasteiger partial charge in [-0.05, 0) is 106 Å². The van der Waals surface area contributed by atoms with E-state index in [4.69, 9.17) is 14.5 Å². The number of aliphatic imine (C=N–C) groups is 1. The van der Waals surface area contributed by atoms with Gasteiger partial charge in [-0.2, -0.15) is 0 Å². The van der Waals surface area contributed by atoms with E-state index in [1.54, 1.807) is 0 Å². The van der Waals surface area contributed by atoms with Crippen molar-refractivity contribution >= 4 is 23.2 Å². The SMILES string of the molecule is CCCC1CCC(C)CC1CCC.COC(=O)CCc1ccc(C)c(N=C(C)Nc2ccc(OC(C)C)cc2)c1. The molecule has 3 unspecified atom stereocenters. The van der Waals surface area contributed by atoms with Crippen molar-refractivity contribution in [2.45, 2.75) is 112 Å². The summed E-state index contributed by atoms with van der Waals surface area (Å²) in [6.45, 7) is 15.1. The Morgan fingerprint density at radius 2 is 1.70 bits per heavy atom. The molecule has 0 bridgehead atoms. The zero-order chi connectivity index (χ0) is 29.5. The molecule has 0 saturated heterocycles. The fourth-order valence-electron chi connectivity index (χ4n) is 5.62. The molecule has 0 amide bonds. The van der Waals surface area contributed by atoms with E-state index in [1.165, 1.54) is 52.1 Å². The number of hydrogen-bond donors (Lipinski definition) is 1. The van der Waals surface area contributed by atoms with Gasteiger partial charge in [-0.15, -0.1) is 0 Å². The van der Waals surface area contributed by atoms with E-state index in [1.807, 2.05) is 70.2 Å². The van der Waals surface area contributed by atoms with Crippen LogP contribution in [0.15, 0.2) is 47.5 Å². The van der Waals surface area contributed by atoms with Crippen LogP contribution in [-0.2, 0) is 16.0 Å². The number of nitrogens with zero attached hydrogens (tertiary/aromatic N) is 1. The first-order valence-corrected chi connectivity index (χ1v) is 15.4. The second-order valence-electron chi connectivity index (χ2n) is 11.7. The third-order valence-electron chi connectivity index (χ3n) is 7.68. The third kappa shape index (κ3) is 12.1. The zero-order valence-corrected chi connectivity index (χ0v) is 26.4. The Morgan fingerprint density at radius 1 is 1.02 bits per heavy atom. The predicted octanol–water partition coefficient (Wildman–Crippen LogP) is 9.69. The van der Waals surface area contributed by atoms with Crippen molar-refractivity contribution in [2.75, 3.05) is 12.4 Å². The molecule has 2 aromatic rings. The van der Waals surface area contributed by atoms with Gasteiger partial charge in [-0.1, -0.05) is 65.0 Å². The van der Waals surface area contributed by atoms with E-state index < -0.39 is 0 Å². The second-order valence-corrected chi connectivity index (χ2v) is 11.7. The molecular formula is C35H54N2O3. The lowest BCUT2D eigenvalue weighted by Gasteiger charge is -2.34. The van der Waals surface area contributed by atoms with Gasteiger partial charge < -0.3 is 14.8 Å². The number of methoxy groups -OCH3 is 1. The Bertz CT molecular complexity index is 1050. The normalized spacial score (nSPS) is 19.0. The molecule has 5 heteroatoms. The minimum atomic E-state index is -0.205. The van der Waals surface area contributed by atoms with Crippen molar-refractivity contribution in [3.05, 3.63) is 53.6 Å². The first-order valence-electron chi connectivity index (χ1n) is 15.4. The number of nitrogens with one attached hydrogen (secondary N) is 1. The van der Waals surface area contributed by atoms with E-state index in [0.717, 1.165) is 51.8 Å². The molecule has 0 heterocycles. The van der Waals surface area contributed by atoms with Gasteiger partial charge in [0.15, 0.2) is 0 Å². The number of hydrogen-bond acceptors (Lipinski definition) is 4. The number of aryl methyl sites for hydroxylation is 2. The van der Waals surface area contributed by atoms with Crippen LogP contribution in [0.2, 0.25) is 0 Å². The van der Waals surface area contributed by atoms with E-state index in [2.05, 4.69) is 26.1 Å². The topological polar surface area (TPSA) is 59.9 Å². The number of amidine groups is 1. The van der Waals surface area contributed by atoms with Gasteiger partial charge in [0.2, 0.25) is 0 Å². The van der Waals surface area contributed by atoms with Crippen LogP contribution in [0, 0.1) is 24.7 Å². The van der Waals surface area contributed by atoms with E-state index >= 15 is 0 Å². The molecule has 1 N–H and O–H groups in total. The molecule has 1 fully saturated rings. The quantitative estimate of drug-likeness (QED) is 0.172. The number of esters is 1. The first kappa shape index (κ1) is 33.4. The smallest absolute Gasteiger partial charge is 0.305 e. The van der Waals surface area contributed by atoms with E-state index in [9.17, 15) is 4.79 Å². The molecule has 1 aliphatic carbocycles. The number of ether oxygens (including phenoxy) is 2. The van der Waals surface area contributed by atoms with Gasteiger partial charge in [0.05, 0.1) is 18.9 Å². The van der Waals surface area contributed by atoms with Crippen molar-refractivity contribution in [1.82, 2.24) is 0 Å². The highest BCUT2D eigenvalue weighted by Gasteiger charge is 2.26. The molecule has 3 rings (SSSR count). The van der Waals surface area contributed by atoms with Gasteiger partial charge >= 0.3 is 5.97 Å². The summed E-state index contributed by atoms with van der Waals surface area (Å²) in [5.41, 5.74) is 3.99. The summed E-state index contributed by atoms with van der Waals surface area (Å²) < 4.78 is 10.4. The lowest BCUT2D eigenvalue weighted by molar-refractivity contribution is -0.140. The van der Waals surface area contributed by atoms with E-state index in [0.29, 0.717) is 12.8 Å². The molecule has 0 radical (unpaired) electrons. The number of benzene rings is 2. The Balaban J connectivity index is 0.000000360. The van der Waals surface area contributed by atoms with Crippen LogP contribution in [0.4, 0.5) is 11.4 Å². The summed E-state index contributed by atoms with van der Waals surface area (Å²) >= 11 is 0. The molecule has 1 aliphatic rings. The Kier molecular flexibility index (Phi) is 14.8. The van der Waals surface area contributed by atoms with Crippen molar-refractivity contribution in [2.24, 2.45) is 22.7 Å². The Hall–Kier alpha value is -2.82. The highest BCUT2D eigenvalue weighted by Crippen LogP contribution is 2.38. The number of carbonyl (C=O) groups excluding carboxylic acids is 1. The monoisotopic (exact) mass is 550 g/mol. The summed E-state index contributed by atoms with van der Waals surface area (Å²) in [5, 5.41) is 3.30. The maximum Gasteiger partial charge on any atom is 0.305 e. The van der Waals surface area contributed by atoms with Crippen LogP contribution in [0.25, 0.3) is 0 Å². The summed E-state index contributed by atoms with van der Waals surface area (Å²) in [4.78, 5) is 16.0. The summed E-state index contributed by atoms with van der Waals surface area (Å²) in [7, 11) is 1.41. The van der Waals surface area contributed by atoms with Gasteiger partial charge in [0.25, 0.3) is 0 Å². The lowest BCUT2D eigenvalue weighted by Crippen LogP contribution is -2.23. The molecule has 2 aromatic carbocycles. The second kappa shape index (κ2) is 17.8. The Morgan fingerprint density at radius 3 is 2.33 bits per heavy atom.